The predicted octanol–water partition coefficient (Wildman–Crippen LogP) is 3.20. The van der Waals surface area contributed by atoms with Crippen molar-refractivity contribution >= 4 is 27.5 Å². The Kier molecular flexibility index (Phi) is 4.89. The van der Waals surface area contributed by atoms with E-state index in [-0.39, 0.29) is 5.92 Å². The summed E-state index contributed by atoms with van der Waals surface area (Å²) in [6.45, 7) is 6.71. The van der Waals surface area contributed by atoms with Gasteiger partial charge >= 0.3 is 0 Å². The van der Waals surface area contributed by atoms with E-state index in [0.29, 0.717) is 22.9 Å². The highest BCUT2D eigenvalue weighted by molar-refractivity contribution is 7.20. The number of benzene rings is 2. The molecule has 6 rings (SSSR count). The molecule has 2 aromatic carbocycles. The number of likely N-dealkylation sites (tertiary alicyclic amines) is 2. The summed E-state index contributed by atoms with van der Waals surface area (Å²) in [5.74, 6) is 2.65. The standard InChI is InChI=1S/C24H26N4O2S/c29-23(17-9-25-10-17)28-14-18-12-27(13-19(18)15-28)11-16-5-7-20(8-6-16)30-24-26-21-3-1-2-4-22(21)31-24/h1-8,17-19,25H,9-15H2. The maximum Gasteiger partial charge on any atom is 0.279 e. The van der Waals surface area contributed by atoms with Gasteiger partial charge in [0.2, 0.25) is 5.91 Å². The summed E-state index contributed by atoms with van der Waals surface area (Å²) in [5, 5.41) is 3.88. The van der Waals surface area contributed by atoms with Crippen molar-refractivity contribution < 1.29 is 9.53 Å². The van der Waals surface area contributed by atoms with Crippen LogP contribution < -0.4 is 10.1 Å². The number of amides is 1. The van der Waals surface area contributed by atoms with E-state index in [2.05, 4.69) is 38.3 Å². The van der Waals surface area contributed by atoms with Crippen LogP contribution in [-0.4, -0.2) is 60.0 Å². The lowest BCUT2D eigenvalue weighted by Crippen LogP contribution is -2.51. The Bertz CT molecular complexity index is 1050. The number of fused-ring (bicyclic) bond motifs is 2. The summed E-state index contributed by atoms with van der Waals surface area (Å²) in [5.41, 5.74) is 2.27. The third-order valence-corrected chi connectivity index (χ3v) is 7.73. The summed E-state index contributed by atoms with van der Waals surface area (Å²) in [4.78, 5) is 21.7. The van der Waals surface area contributed by atoms with E-state index in [1.807, 2.05) is 30.3 Å². The number of ether oxygens (including phenoxy) is 1. The summed E-state index contributed by atoms with van der Waals surface area (Å²) in [6.07, 6.45) is 0. The maximum absolute atomic E-state index is 12.5. The number of hydrogen-bond donors (Lipinski definition) is 1. The van der Waals surface area contributed by atoms with Gasteiger partial charge in [-0.2, -0.15) is 0 Å². The van der Waals surface area contributed by atoms with Crippen LogP contribution in [0.2, 0.25) is 0 Å². The van der Waals surface area contributed by atoms with E-state index in [9.17, 15) is 4.79 Å². The van der Waals surface area contributed by atoms with E-state index < -0.39 is 0 Å². The van der Waals surface area contributed by atoms with Crippen molar-refractivity contribution in [2.24, 2.45) is 17.8 Å². The van der Waals surface area contributed by atoms with Crippen LogP contribution >= 0.6 is 11.3 Å². The highest BCUT2D eigenvalue weighted by Gasteiger charge is 2.43. The molecule has 0 spiro atoms. The molecule has 1 N–H and O–H groups in total. The number of carbonyl (C=O) groups excluding carboxylic acids is 1. The Balaban J connectivity index is 1.03. The van der Waals surface area contributed by atoms with Gasteiger partial charge in [0, 0.05) is 45.8 Å². The number of rotatable bonds is 5. The van der Waals surface area contributed by atoms with Crippen molar-refractivity contribution in [3.8, 4) is 10.9 Å². The molecule has 3 fully saturated rings. The quantitative estimate of drug-likeness (QED) is 0.668. The van der Waals surface area contributed by atoms with Crippen LogP contribution in [0.15, 0.2) is 48.5 Å². The van der Waals surface area contributed by atoms with Gasteiger partial charge in [-0.3, -0.25) is 9.69 Å². The topological polar surface area (TPSA) is 57.7 Å². The molecule has 6 nitrogen and oxygen atoms in total. The van der Waals surface area contributed by atoms with Gasteiger partial charge in [-0.1, -0.05) is 35.6 Å². The number of thiazole rings is 1. The Morgan fingerprint density at radius 1 is 1.03 bits per heavy atom. The molecule has 2 atom stereocenters. The van der Waals surface area contributed by atoms with Crippen LogP contribution in [0.25, 0.3) is 10.2 Å². The summed E-state index contributed by atoms with van der Waals surface area (Å²) < 4.78 is 7.11. The zero-order valence-electron chi connectivity index (χ0n) is 17.4. The molecule has 1 aromatic heterocycles. The first-order valence-electron chi connectivity index (χ1n) is 11.1. The average Bonchev–Trinajstić information content (AvgIpc) is 3.40. The molecule has 1 amide bonds. The van der Waals surface area contributed by atoms with Gasteiger partial charge in [-0.15, -0.1) is 0 Å². The van der Waals surface area contributed by atoms with E-state index in [1.165, 1.54) is 5.56 Å². The van der Waals surface area contributed by atoms with Gasteiger partial charge in [-0.05, 0) is 41.7 Å². The van der Waals surface area contributed by atoms with E-state index in [0.717, 1.165) is 61.8 Å². The fourth-order valence-electron chi connectivity index (χ4n) is 5.04. The fourth-order valence-corrected chi connectivity index (χ4v) is 5.87. The first-order valence-corrected chi connectivity index (χ1v) is 11.9. The normalized spacial score (nSPS) is 23.8. The summed E-state index contributed by atoms with van der Waals surface area (Å²) >= 11 is 1.57. The third kappa shape index (κ3) is 3.82. The summed E-state index contributed by atoms with van der Waals surface area (Å²) in [7, 11) is 0. The van der Waals surface area contributed by atoms with Crippen LogP contribution in [0, 0.1) is 17.8 Å². The number of nitrogens with one attached hydrogen (secondary N) is 1. The van der Waals surface area contributed by atoms with Crippen LogP contribution in [0.5, 0.6) is 10.9 Å². The molecule has 0 bridgehead atoms. The molecule has 160 valence electrons. The monoisotopic (exact) mass is 434 g/mol. The maximum atomic E-state index is 12.5. The lowest BCUT2D eigenvalue weighted by molar-refractivity contribution is -0.136. The van der Waals surface area contributed by atoms with Gasteiger partial charge < -0.3 is 15.0 Å². The van der Waals surface area contributed by atoms with Crippen LogP contribution in [0.3, 0.4) is 0 Å². The highest BCUT2D eigenvalue weighted by Crippen LogP contribution is 2.34. The zero-order valence-corrected chi connectivity index (χ0v) is 18.2. The largest absolute Gasteiger partial charge is 0.431 e. The first-order chi connectivity index (χ1) is 15.2. The molecule has 4 heterocycles. The Hall–Kier alpha value is -2.48. The first kappa shape index (κ1) is 19.2. The second-order valence-electron chi connectivity index (χ2n) is 9.01. The smallest absolute Gasteiger partial charge is 0.279 e. The van der Waals surface area contributed by atoms with Crippen LogP contribution in [0.1, 0.15) is 5.56 Å². The second-order valence-corrected chi connectivity index (χ2v) is 10.00. The molecule has 3 aliphatic rings. The molecule has 0 saturated carbocycles. The SMILES string of the molecule is O=C(C1CNC1)N1CC2CN(Cc3ccc(Oc4nc5ccccc5s4)cc3)CC2C1. The summed E-state index contributed by atoms with van der Waals surface area (Å²) in [6, 6.07) is 16.4. The molecule has 0 aliphatic carbocycles. The van der Waals surface area contributed by atoms with Crippen molar-refractivity contribution in [1.29, 1.82) is 0 Å². The van der Waals surface area contributed by atoms with Crippen molar-refractivity contribution in [2.45, 2.75) is 6.54 Å². The fraction of sp³-hybridized carbons (Fsp3) is 0.417. The molecular formula is C24H26N4O2S. The Labute approximate surface area is 185 Å². The van der Waals surface area contributed by atoms with Gasteiger partial charge in [0.15, 0.2) is 0 Å². The lowest BCUT2D eigenvalue weighted by Gasteiger charge is -2.31. The molecular weight excluding hydrogens is 408 g/mol. The molecule has 3 aliphatic heterocycles. The zero-order chi connectivity index (χ0) is 20.8. The molecule has 2 unspecified atom stereocenters. The number of aromatic nitrogens is 1. The van der Waals surface area contributed by atoms with Gasteiger partial charge in [-0.25, -0.2) is 4.98 Å². The van der Waals surface area contributed by atoms with Gasteiger partial charge in [0.1, 0.15) is 5.75 Å². The van der Waals surface area contributed by atoms with Crippen LogP contribution in [0.4, 0.5) is 0 Å². The predicted molar refractivity (Wildman–Crippen MR) is 121 cm³/mol. The van der Waals surface area contributed by atoms with Crippen molar-refractivity contribution in [1.82, 2.24) is 20.1 Å². The average molecular weight is 435 g/mol. The van der Waals surface area contributed by atoms with Crippen molar-refractivity contribution in [2.75, 3.05) is 39.3 Å². The second kappa shape index (κ2) is 7.89. The minimum Gasteiger partial charge on any atom is -0.431 e. The van der Waals surface area contributed by atoms with Gasteiger partial charge in [0.25, 0.3) is 5.19 Å². The number of hydrogen-bond acceptors (Lipinski definition) is 6. The van der Waals surface area contributed by atoms with Crippen molar-refractivity contribution in [3.05, 3.63) is 54.1 Å². The number of carbonyl (C=O) groups is 1. The molecule has 31 heavy (non-hydrogen) atoms. The van der Waals surface area contributed by atoms with Gasteiger partial charge in [0.05, 0.1) is 16.1 Å². The number of para-hydroxylation sites is 1. The Morgan fingerprint density at radius 2 is 1.77 bits per heavy atom. The minimum absolute atomic E-state index is 0.221. The molecule has 0 radical (unpaired) electrons. The van der Waals surface area contributed by atoms with E-state index in [1.54, 1.807) is 11.3 Å². The molecule has 3 saturated heterocycles. The minimum atomic E-state index is 0.221. The third-order valence-electron chi connectivity index (χ3n) is 6.81. The number of nitrogens with zero attached hydrogens (tertiary/aromatic N) is 3. The highest BCUT2D eigenvalue weighted by atomic mass is 32.1. The lowest BCUT2D eigenvalue weighted by atomic mass is 10.0. The Morgan fingerprint density at radius 3 is 2.45 bits per heavy atom. The van der Waals surface area contributed by atoms with Crippen molar-refractivity contribution in [3.63, 3.8) is 0 Å². The molecule has 7 heteroatoms. The van der Waals surface area contributed by atoms with E-state index in [4.69, 9.17) is 4.74 Å². The molecule has 3 aromatic rings. The van der Waals surface area contributed by atoms with E-state index >= 15 is 0 Å². The van der Waals surface area contributed by atoms with Crippen LogP contribution in [-0.2, 0) is 11.3 Å².